The smallest absolute Gasteiger partial charge is 0.168 e. The molecule has 4 heteroatoms. The molecule has 2 fully saturated rings. The Morgan fingerprint density at radius 1 is 0.688 bits per heavy atom. The van der Waals surface area contributed by atoms with Crippen LogP contribution in [-0.2, 0) is 0 Å². The van der Waals surface area contributed by atoms with Crippen molar-refractivity contribution in [2.45, 2.75) is 112 Å². The normalized spacial score (nSPS) is 34.8. The van der Waals surface area contributed by atoms with E-state index in [1.807, 2.05) is 6.92 Å². The maximum Gasteiger partial charge on any atom is 0.168 e. The molecular formula is C28H48N4. The van der Waals surface area contributed by atoms with Gasteiger partial charge in [0.25, 0.3) is 0 Å². The summed E-state index contributed by atoms with van der Waals surface area (Å²) in [7, 11) is 0. The highest BCUT2D eigenvalue weighted by atomic mass is 15.2. The maximum atomic E-state index is 10.6. The van der Waals surface area contributed by atoms with E-state index in [1.54, 1.807) is 13.8 Å². The Morgan fingerprint density at radius 2 is 1.12 bits per heavy atom. The lowest BCUT2D eigenvalue weighted by Crippen LogP contribution is -2.50. The van der Waals surface area contributed by atoms with E-state index >= 15 is 0 Å². The van der Waals surface area contributed by atoms with Crippen molar-refractivity contribution in [1.82, 2.24) is 0 Å². The van der Waals surface area contributed by atoms with Gasteiger partial charge < -0.3 is 0 Å². The van der Waals surface area contributed by atoms with Crippen LogP contribution in [0.25, 0.3) is 0 Å². The molecular weight excluding hydrogens is 392 g/mol. The van der Waals surface area contributed by atoms with Gasteiger partial charge in [0.1, 0.15) is 0 Å². The summed E-state index contributed by atoms with van der Waals surface area (Å²) >= 11 is 0. The van der Waals surface area contributed by atoms with Crippen molar-refractivity contribution in [2.75, 3.05) is 0 Å². The first-order chi connectivity index (χ1) is 14.8. The third kappa shape index (κ3) is 6.12. The second-order valence-electron chi connectivity index (χ2n) is 12.6. The molecule has 2 saturated carbocycles. The van der Waals surface area contributed by atoms with Crippen molar-refractivity contribution in [3.05, 3.63) is 0 Å². The second kappa shape index (κ2) is 10.7. The quantitative estimate of drug-likeness (QED) is 0.375. The van der Waals surface area contributed by atoms with Crippen molar-refractivity contribution in [1.29, 1.82) is 10.5 Å². The van der Waals surface area contributed by atoms with Crippen LogP contribution in [0.1, 0.15) is 101 Å². The van der Waals surface area contributed by atoms with Crippen molar-refractivity contribution in [2.24, 2.45) is 63.5 Å². The predicted molar refractivity (Wildman–Crippen MR) is 132 cm³/mol. The lowest BCUT2D eigenvalue weighted by atomic mass is 9.53. The van der Waals surface area contributed by atoms with Crippen molar-refractivity contribution >= 4 is 0 Å². The van der Waals surface area contributed by atoms with Crippen molar-refractivity contribution in [3.8, 4) is 12.1 Å². The molecule has 0 aromatic carbocycles. The summed E-state index contributed by atoms with van der Waals surface area (Å²) in [6.45, 7) is 19.8. The third-order valence-corrected chi connectivity index (χ3v) is 8.73. The summed E-state index contributed by atoms with van der Waals surface area (Å²) in [5.41, 5.74) is -1.81. The van der Waals surface area contributed by atoms with Crippen molar-refractivity contribution in [3.63, 3.8) is 0 Å². The maximum absolute atomic E-state index is 10.6. The van der Waals surface area contributed by atoms with E-state index in [0.29, 0.717) is 47.3 Å². The lowest BCUT2D eigenvalue weighted by molar-refractivity contribution is -0.0179. The number of azo groups is 1. The zero-order chi connectivity index (χ0) is 24.3. The highest BCUT2D eigenvalue weighted by Crippen LogP contribution is 2.54. The van der Waals surface area contributed by atoms with E-state index in [9.17, 15) is 10.5 Å². The molecule has 2 aliphatic carbocycles. The average molecular weight is 441 g/mol. The van der Waals surface area contributed by atoms with E-state index in [-0.39, 0.29) is 5.92 Å². The second-order valence-corrected chi connectivity index (χ2v) is 12.6. The van der Waals surface area contributed by atoms with E-state index < -0.39 is 11.1 Å². The van der Waals surface area contributed by atoms with Crippen LogP contribution < -0.4 is 0 Å². The first kappa shape index (κ1) is 26.8. The topological polar surface area (TPSA) is 72.3 Å². The van der Waals surface area contributed by atoms with Gasteiger partial charge in [0.2, 0.25) is 0 Å². The van der Waals surface area contributed by atoms with Gasteiger partial charge in [0.05, 0.1) is 12.1 Å². The Bertz CT molecular complexity index is 693. The van der Waals surface area contributed by atoms with Crippen LogP contribution >= 0.6 is 0 Å². The molecule has 0 heterocycles. The highest BCUT2D eigenvalue weighted by molar-refractivity contribution is 5.14. The molecule has 0 aliphatic heterocycles. The Morgan fingerprint density at radius 3 is 1.47 bits per heavy atom. The molecule has 0 amide bonds. The Labute approximate surface area is 198 Å². The summed E-state index contributed by atoms with van der Waals surface area (Å²) in [6.07, 6.45) is 7.42. The van der Waals surface area contributed by atoms with Gasteiger partial charge in [-0.05, 0) is 93.8 Å². The van der Waals surface area contributed by atoms with E-state index in [4.69, 9.17) is 5.11 Å². The summed E-state index contributed by atoms with van der Waals surface area (Å²) in [5, 5.41) is 29.3. The predicted octanol–water partition coefficient (Wildman–Crippen LogP) is 8.06. The molecule has 0 radical (unpaired) electrons. The molecule has 0 N–H and O–H groups in total. The Balaban J connectivity index is 2.64. The first-order valence-corrected chi connectivity index (χ1v) is 13.1. The molecule has 7 unspecified atom stereocenters. The standard InChI is InChI=1S/C28H48N4/c1-18(2)22-12-10-20(5)14-24(22)26(25-15-21(6)11-13-23(25)19(3)4)28(9,17-30)32-31-27(7,8)16-29/h18-26H,10-15H2,1-9H3. The minimum Gasteiger partial charge on any atom is -0.196 e. The number of hydrogen-bond acceptors (Lipinski definition) is 4. The third-order valence-electron chi connectivity index (χ3n) is 8.73. The van der Waals surface area contributed by atoms with Crippen LogP contribution in [0.4, 0.5) is 0 Å². The molecule has 0 bridgehead atoms. The molecule has 0 saturated heterocycles. The molecule has 32 heavy (non-hydrogen) atoms. The fourth-order valence-corrected chi connectivity index (χ4v) is 6.94. The Kier molecular flexibility index (Phi) is 8.95. The highest BCUT2D eigenvalue weighted by Gasteiger charge is 2.52. The number of nitriles is 2. The SMILES string of the molecule is CC1CCC(C(C)C)C(C(C2CC(C)CCC2C(C)C)C(C)(C#N)N=NC(C)(C)C#N)C1. The summed E-state index contributed by atoms with van der Waals surface area (Å²) < 4.78 is 0. The summed E-state index contributed by atoms with van der Waals surface area (Å²) in [4.78, 5) is 0. The van der Waals surface area contributed by atoms with Crippen LogP contribution in [0.3, 0.4) is 0 Å². The lowest BCUT2D eigenvalue weighted by Gasteiger charge is -2.52. The van der Waals surface area contributed by atoms with Gasteiger partial charge >= 0.3 is 0 Å². The number of hydrogen-bond donors (Lipinski definition) is 0. The molecule has 2 rings (SSSR count). The zero-order valence-electron chi connectivity index (χ0n) is 22.2. The minimum atomic E-state index is -0.905. The van der Waals surface area contributed by atoms with E-state index in [0.717, 1.165) is 0 Å². The molecule has 180 valence electrons. The van der Waals surface area contributed by atoms with Gasteiger partial charge in [0, 0.05) is 5.92 Å². The zero-order valence-corrected chi connectivity index (χ0v) is 22.2. The van der Waals surface area contributed by atoms with Crippen LogP contribution in [0, 0.1) is 75.9 Å². The molecule has 7 atom stereocenters. The van der Waals surface area contributed by atoms with Gasteiger partial charge in [-0.1, -0.05) is 54.4 Å². The van der Waals surface area contributed by atoms with Gasteiger partial charge in [-0.3, -0.25) is 0 Å². The van der Waals surface area contributed by atoms with Crippen LogP contribution in [0.15, 0.2) is 10.2 Å². The fourth-order valence-electron chi connectivity index (χ4n) is 6.94. The molecule has 4 nitrogen and oxygen atoms in total. The van der Waals surface area contributed by atoms with Crippen LogP contribution in [0.2, 0.25) is 0 Å². The Hall–Kier alpha value is -1.42. The first-order valence-electron chi connectivity index (χ1n) is 13.1. The fraction of sp³-hybridized carbons (Fsp3) is 0.929. The number of nitrogens with zero attached hydrogens (tertiary/aromatic N) is 4. The molecule has 0 aromatic rings. The average Bonchev–Trinajstić information content (AvgIpc) is 2.72. The largest absolute Gasteiger partial charge is 0.196 e. The van der Waals surface area contributed by atoms with Crippen LogP contribution in [0.5, 0.6) is 0 Å². The van der Waals surface area contributed by atoms with Crippen molar-refractivity contribution < 1.29 is 0 Å². The van der Waals surface area contributed by atoms with Gasteiger partial charge in [-0.2, -0.15) is 20.8 Å². The minimum absolute atomic E-state index is 0.177. The molecule has 0 aromatic heterocycles. The molecule has 2 aliphatic rings. The summed E-state index contributed by atoms with van der Waals surface area (Å²) in [6, 6.07) is 4.88. The van der Waals surface area contributed by atoms with E-state index in [2.05, 4.69) is 58.8 Å². The monoisotopic (exact) mass is 440 g/mol. The van der Waals surface area contributed by atoms with Gasteiger partial charge in [-0.15, -0.1) is 0 Å². The number of rotatable bonds is 7. The van der Waals surface area contributed by atoms with Crippen LogP contribution in [-0.4, -0.2) is 11.1 Å². The molecule has 0 spiro atoms. The van der Waals surface area contributed by atoms with E-state index in [1.165, 1.54) is 38.5 Å². The van der Waals surface area contributed by atoms with Gasteiger partial charge in [-0.25, -0.2) is 0 Å². The van der Waals surface area contributed by atoms with Gasteiger partial charge in [0.15, 0.2) is 11.1 Å². The summed E-state index contributed by atoms with van der Waals surface area (Å²) in [5.74, 6) is 4.94.